The molecule has 1 atom stereocenters. The maximum absolute atomic E-state index is 6.32. The van der Waals surface area contributed by atoms with Crippen molar-refractivity contribution >= 4 is 54.2 Å². The average molecular weight is 401 g/mol. The Bertz CT molecular complexity index is 747. The van der Waals surface area contributed by atoms with Gasteiger partial charge in [0.05, 0.1) is 9.83 Å². The quantitative estimate of drug-likeness (QED) is 0.627. The van der Waals surface area contributed by atoms with E-state index in [9.17, 15) is 0 Å². The van der Waals surface area contributed by atoms with E-state index < -0.39 is 0 Å². The van der Waals surface area contributed by atoms with Crippen molar-refractivity contribution < 1.29 is 4.42 Å². The lowest BCUT2D eigenvalue weighted by Gasteiger charge is -2.07. The van der Waals surface area contributed by atoms with Crippen LogP contribution in [0, 0.1) is 6.92 Å². The highest BCUT2D eigenvalue weighted by atomic mass is 79.9. The van der Waals surface area contributed by atoms with Gasteiger partial charge >= 0.3 is 0 Å². The lowest BCUT2D eigenvalue weighted by Crippen LogP contribution is -2.10. The van der Waals surface area contributed by atoms with Crippen molar-refractivity contribution in [3.63, 3.8) is 0 Å². The van der Waals surface area contributed by atoms with Gasteiger partial charge < -0.3 is 10.2 Å². The van der Waals surface area contributed by atoms with Gasteiger partial charge in [-0.05, 0) is 53.2 Å². The fourth-order valence-corrected chi connectivity index (χ4v) is 3.90. The van der Waals surface area contributed by atoms with Crippen LogP contribution in [-0.2, 0) is 0 Å². The Morgan fingerprint density at radius 1 is 1.21 bits per heavy atom. The minimum absolute atomic E-state index is 0.220. The van der Waals surface area contributed by atoms with Crippen LogP contribution in [0.5, 0.6) is 0 Å². The maximum Gasteiger partial charge on any atom is 0.135 e. The summed E-state index contributed by atoms with van der Waals surface area (Å²) in [6.07, 6.45) is 0. The monoisotopic (exact) mass is 399 g/mol. The first kappa shape index (κ1) is 13.4. The van der Waals surface area contributed by atoms with E-state index in [0.29, 0.717) is 0 Å². The molecule has 5 heteroatoms. The standard InChI is InChI=1S/C14H11Br2NOS/c1-7-9-3-2-8(15)6-10(9)18-14(7)13(17)11-4-5-12(16)19-11/h2-6,13H,17H2,1H3. The summed E-state index contributed by atoms with van der Waals surface area (Å²) in [5, 5.41) is 1.12. The summed E-state index contributed by atoms with van der Waals surface area (Å²) in [7, 11) is 0. The normalized spacial score (nSPS) is 13.1. The minimum atomic E-state index is -0.220. The summed E-state index contributed by atoms with van der Waals surface area (Å²) in [5.74, 6) is 0.836. The Kier molecular flexibility index (Phi) is 3.55. The van der Waals surface area contributed by atoms with Crippen molar-refractivity contribution in [1.82, 2.24) is 0 Å². The number of rotatable bonds is 2. The third-order valence-corrected chi connectivity index (χ3v) is 5.32. The van der Waals surface area contributed by atoms with Gasteiger partial charge in [-0.3, -0.25) is 0 Å². The van der Waals surface area contributed by atoms with Gasteiger partial charge in [0.15, 0.2) is 0 Å². The fraction of sp³-hybridized carbons (Fsp3) is 0.143. The Hall–Kier alpha value is -0.620. The molecule has 2 N–H and O–H groups in total. The van der Waals surface area contributed by atoms with Crippen molar-refractivity contribution in [2.45, 2.75) is 13.0 Å². The third-order valence-electron chi connectivity index (χ3n) is 3.12. The molecule has 0 fully saturated rings. The van der Waals surface area contributed by atoms with Crippen LogP contribution < -0.4 is 5.73 Å². The molecule has 3 aromatic rings. The predicted molar refractivity (Wildman–Crippen MR) is 86.7 cm³/mol. The van der Waals surface area contributed by atoms with Crippen LogP contribution in [0.15, 0.2) is 43.0 Å². The van der Waals surface area contributed by atoms with Crippen LogP contribution in [0.2, 0.25) is 0 Å². The number of hydrogen-bond donors (Lipinski definition) is 1. The van der Waals surface area contributed by atoms with Crippen molar-refractivity contribution in [1.29, 1.82) is 0 Å². The lowest BCUT2D eigenvalue weighted by molar-refractivity contribution is 0.523. The van der Waals surface area contributed by atoms with Crippen molar-refractivity contribution in [3.8, 4) is 0 Å². The molecule has 3 rings (SSSR count). The van der Waals surface area contributed by atoms with Crippen LogP contribution in [0.4, 0.5) is 0 Å². The van der Waals surface area contributed by atoms with Crippen LogP contribution >= 0.6 is 43.2 Å². The number of fused-ring (bicyclic) bond motifs is 1. The largest absolute Gasteiger partial charge is 0.459 e. The van der Waals surface area contributed by atoms with Crippen LogP contribution in [0.25, 0.3) is 11.0 Å². The molecule has 0 saturated heterocycles. The molecule has 1 unspecified atom stereocenters. The number of nitrogens with two attached hydrogens (primary N) is 1. The van der Waals surface area contributed by atoms with E-state index in [1.807, 2.05) is 24.3 Å². The first-order valence-electron chi connectivity index (χ1n) is 5.75. The van der Waals surface area contributed by atoms with Gasteiger partial charge in [0.25, 0.3) is 0 Å². The van der Waals surface area contributed by atoms with E-state index in [-0.39, 0.29) is 6.04 Å². The van der Waals surface area contributed by atoms with E-state index in [0.717, 1.165) is 35.4 Å². The number of benzene rings is 1. The number of aryl methyl sites for hydroxylation is 1. The second kappa shape index (κ2) is 5.05. The summed E-state index contributed by atoms with van der Waals surface area (Å²) in [6.45, 7) is 2.05. The molecule has 0 aliphatic rings. The number of halogens is 2. The maximum atomic E-state index is 6.32. The lowest BCUT2D eigenvalue weighted by atomic mass is 10.1. The summed E-state index contributed by atoms with van der Waals surface area (Å²) >= 11 is 8.55. The van der Waals surface area contributed by atoms with Gasteiger partial charge in [-0.15, -0.1) is 11.3 Å². The van der Waals surface area contributed by atoms with E-state index >= 15 is 0 Å². The Labute approximate surface area is 131 Å². The number of thiophene rings is 1. The predicted octanol–water partition coefficient (Wildman–Crippen LogP) is 5.38. The molecule has 19 heavy (non-hydrogen) atoms. The molecule has 1 aromatic carbocycles. The Morgan fingerprint density at radius 3 is 2.68 bits per heavy atom. The van der Waals surface area contributed by atoms with Gasteiger partial charge in [0.2, 0.25) is 0 Å². The first-order valence-corrected chi connectivity index (χ1v) is 8.16. The highest BCUT2D eigenvalue weighted by Gasteiger charge is 2.20. The molecule has 0 aliphatic carbocycles. The van der Waals surface area contributed by atoms with Crippen molar-refractivity contribution in [2.24, 2.45) is 5.73 Å². The van der Waals surface area contributed by atoms with Gasteiger partial charge in [0, 0.05) is 20.3 Å². The molecule has 0 radical (unpaired) electrons. The Morgan fingerprint density at radius 2 is 2.00 bits per heavy atom. The fourth-order valence-electron chi connectivity index (χ4n) is 2.14. The summed E-state index contributed by atoms with van der Waals surface area (Å²) < 4.78 is 8.03. The SMILES string of the molecule is Cc1c(C(N)c2ccc(Br)s2)oc2cc(Br)ccc12. The summed E-state index contributed by atoms with van der Waals surface area (Å²) in [6, 6.07) is 9.86. The zero-order valence-electron chi connectivity index (χ0n) is 10.1. The Balaban J connectivity index is 2.12. The molecule has 2 nitrogen and oxygen atoms in total. The second-order valence-corrected chi connectivity index (χ2v) is 7.76. The molecule has 0 bridgehead atoms. The highest BCUT2D eigenvalue weighted by Crippen LogP contribution is 2.35. The van der Waals surface area contributed by atoms with Crippen LogP contribution in [-0.4, -0.2) is 0 Å². The molecular formula is C14H11Br2NOS. The molecular weight excluding hydrogens is 390 g/mol. The van der Waals surface area contributed by atoms with E-state index in [4.69, 9.17) is 10.2 Å². The van der Waals surface area contributed by atoms with Gasteiger partial charge in [-0.1, -0.05) is 15.9 Å². The molecule has 2 aromatic heterocycles. The van der Waals surface area contributed by atoms with Gasteiger partial charge in [0.1, 0.15) is 11.3 Å². The molecule has 98 valence electrons. The van der Waals surface area contributed by atoms with Gasteiger partial charge in [-0.2, -0.15) is 0 Å². The van der Waals surface area contributed by atoms with Gasteiger partial charge in [-0.25, -0.2) is 0 Å². The number of furan rings is 1. The zero-order valence-corrected chi connectivity index (χ0v) is 14.1. The van der Waals surface area contributed by atoms with Crippen LogP contribution in [0.3, 0.4) is 0 Å². The number of hydrogen-bond acceptors (Lipinski definition) is 3. The average Bonchev–Trinajstić information content (AvgIpc) is 2.93. The topological polar surface area (TPSA) is 39.2 Å². The van der Waals surface area contributed by atoms with Crippen molar-refractivity contribution in [3.05, 3.63) is 54.8 Å². The van der Waals surface area contributed by atoms with E-state index in [2.05, 4.69) is 44.8 Å². The van der Waals surface area contributed by atoms with Crippen LogP contribution in [0.1, 0.15) is 22.2 Å². The van der Waals surface area contributed by atoms with E-state index in [1.54, 1.807) is 11.3 Å². The molecule has 0 amide bonds. The van der Waals surface area contributed by atoms with E-state index in [1.165, 1.54) is 0 Å². The molecule has 2 heterocycles. The molecule has 0 spiro atoms. The second-order valence-electron chi connectivity index (χ2n) is 4.35. The molecule has 0 saturated carbocycles. The zero-order chi connectivity index (χ0) is 13.6. The van der Waals surface area contributed by atoms with Crippen molar-refractivity contribution in [2.75, 3.05) is 0 Å². The minimum Gasteiger partial charge on any atom is -0.459 e. The summed E-state index contributed by atoms with van der Waals surface area (Å²) in [5.41, 5.74) is 8.30. The molecule has 0 aliphatic heterocycles. The summed E-state index contributed by atoms with van der Waals surface area (Å²) in [4.78, 5) is 1.09. The smallest absolute Gasteiger partial charge is 0.135 e. The third kappa shape index (κ3) is 2.40. The highest BCUT2D eigenvalue weighted by molar-refractivity contribution is 9.11. The first-order chi connectivity index (χ1) is 9.06.